The summed E-state index contributed by atoms with van der Waals surface area (Å²) in [6.45, 7) is 0. The molecule has 0 aromatic carbocycles. The van der Waals surface area contributed by atoms with Crippen LogP contribution in [0.2, 0.25) is 0 Å². The van der Waals surface area contributed by atoms with Crippen molar-refractivity contribution in [2.24, 2.45) is 0 Å². The highest BCUT2D eigenvalue weighted by Gasteiger charge is 2.30. The van der Waals surface area contributed by atoms with E-state index in [1.807, 2.05) is 0 Å². The van der Waals surface area contributed by atoms with E-state index in [2.05, 4.69) is 0 Å². The number of alkyl halides is 1. The molecule has 1 nitrogen and oxygen atoms in total. The molecule has 4 heteroatoms. The molecular weight excluding hydrogens is 163 g/mol. The summed E-state index contributed by atoms with van der Waals surface area (Å²) in [5, 5.41) is -0.397. The third kappa shape index (κ3) is 1.64. The molecule has 1 aliphatic rings. The molecule has 0 N–H and O–H groups in total. The van der Waals surface area contributed by atoms with E-state index in [-0.39, 0.29) is 0 Å². The second kappa shape index (κ2) is 2.97. The van der Waals surface area contributed by atoms with E-state index in [0.29, 0.717) is 12.8 Å². The fraction of sp³-hybridized carbons (Fsp3) is 1.00. The molecule has 9 heavy (non-hydrogen) atoms. The van der Waals surface area contributed by atoms with Gasteiger partial charge in [-0.15, -0.1) is 0 Å². The van der Waals surface area contributed by atoms with E-state index in [0.717, 1.165) is 6.42 Å². The Morgan fingerprint density at radius 3 is 2.44 bits per heavy atom. The van der Waals surface area contributed by atoms with E-state index < -0.39 is 21.4 Å². The molecule has 1 rings (SSSR count). The van der Waals surface area contributed by atoms with Gasteiger partial charge in [-0.05, 0) is 29.9 Å². The third-order valence-electron chi connectivity index (χ3n) is 1.61. The average Bonchev–Trinajstić information content (AvgIpc) is 2.13. The Morgan fingerprint density at radius 1 is 1.56 bits per heavy atom. The maximum Gasteiger partial charge on any atom is 0.121 e. The molecule has 0 bridgehead atoms. The smallest absolute Gasteiger partial charge is 0.121 e. The Labute approximate surface area is 60.5 Å². The van der Waals surface area contributed by atoms with Crippen LogP contribution in [0.3, 0.4) is 0 Å². The topological polar surface area (TPSA) is 17.1 Å². The Balaban J connectivity index is 2.49. The highest BCUT2D eigenvalue weighted by molar-refractivity contribution is 8.08. The van der Waals surface area contributed by atoms with Crippen LogP contribution >= 0.6 is 10.7 Å². The summed E-state index contributed by atoms with van der Waals surface area (Å²) < 4.78 is 23.1. The molecule has 0 aromatic heterocycles. The van der Waals surface area contributed by atoms with Crippen LogP contribution in [-0.4, -0.2) is 15.6 Å². The minimum Gasteiger partial charge on any atom is -0.246 e. The molecule has 3 atom stereocenters. The molecule has 0 radical (unpaired) electrons. The summed E-state index contributed by atoms with van der Waals surface area (Å²) in [5.74, 6) is 0. The SMILES string of the molecule is O=S(Cl)C1CCCC1F. The summed E-state index contributed by atoms with van der Waals surface area (Å²) in [6.07, 6.45) is 1.10. The maximum atomic E-state index is 12.6. The lowest BCUT2D eigenvalue weighted by Gasteiger charge is -2.04. The molecule has 0 aliphatic heterocycles. The maximum absolute atomic E-state index is 12.6. The van der Waals surface area contributed by atoms with Crippen molar-refractivity contribution in [2.75, 3.05) is 0 Å². The summed E-state index contributed by atoms with van der Waals surface area (Å²) >= 11 is 0. The van der Waals surface area contributed by atoms with Gasteiger partial charge in [-0.1, -0.05) is 0 Å². The normalized spacial score (nSPS) is 38.9. The van der Waals surface area contributed by atoms with Gasteiger partial charge in [0.05, 0.1) is 5.25 Å². The fourth-order valence-electron chi connectivity index (χ4n) is 1.09. The van der Waals surface area contributed by atoms with Crippen molar-refractivity contribution < 1.29 is 8.60 Å². The zero-order valence-corrected chi connectivity index (χ0v) is 6.42. The molecule has 0 aromatic rings. The van der Waals surface area contributed by atoms with Crippen LogP contribution in [0.15, 0.2) is 0 Å². The molecule has 0 saturated heterocycles. The number of hydrogen-bond donors (Lipinski definition) is 0. The van der Waals surface area contributed by atoms with Gasteiger partial charge in [0.25, 0.3) is 0 Å². The molecule has 1 saturated carbocycles. The van der Waals surface area contributed by atoms with E-state index in [1.165, 1.54) is 0 Å². The predicted molar refractivity (Wildman–Crippen MR) is 36.5 cm³/mol. The van der Waals surface area contributed by atoms with Gasteiger partial charge in [0.2, 0.25) is 0 Å². The minimum atomic E-state index is -1.47. The summed E-state index contributed by atoms with van der Waals surface area (Å²) in [4.78, 5) is 0. The fourth-order valence-corrected chi connectivity index (χ4v) is 2.41. The first-order chi connectivity index (χ1) is 4.22. The van der Waals surface area contributed by atoms with Gasteiger partial charge in [0.15, 0.2) is 0 Å². The zero-order valence-electron chi connectivity index (χ0n) is 4.85. The average molecular weight is 171 g/mol. The highest BCUT2D eigenvalue weighted by Crippen LogP contribution is 2.27. The molecule has 0 heterocycles. The molecule has 0 amide bonds. The van der Waals surface area contributed by atoms with E-state index >= 15 is 0 Å². The number of halogens is 2. The second-order valence-corrected chi connectivity index (χ2v) is 4.25. The Bertz CT molecular complexity index is 130. The Kier molecular flexibility index (Phi) is 2.47. The zero-order chi connectivity index (χ0) is 6.85. The largest absolute Gasteiger partial charge is 0.246 e. The number of hydrogen-bond acceptors (Lipinski definition) is 1. The molecule has 54 valence electrons. The van der Waals surface area contributed by atoms with Gasteiger partial charge in [-0.3, -0.25) is 0 Å². The molecule has 0 spiro atoms. The predicted octanol–water partition coefficient (Wildman–Crippen LogP) is 1.78. The van der Waals surface area contributed by atoms with E-state index in [9.17, 15) is 8.60 Å². The van der Waals surface area contributed by atoms with Crippen LogP contribution in [0.5, 0.6) is 0 Å². The van der Waals surface area contributed by atoms with Crippen molar-refractivity contribution >= 4 is 20.7 Å². The van der Waals surface area contributed by atoms with E-state index in [1.54, 1.807) is 0 Å². The number of rotatable bonds is 1. The van der Waals surface area contributed by atoms with Gasteiger partial charge in [-0.25, -0.2) is 8.60 Å². The first-order valence-corrected chi connectivity index (χ1v) is 4.96. The summed E-state index contributed by atoms with van der Waals surface area (Å²) in [7, 11) is 3.74. The summed E-state index contributed by atoms with van der Waals surface area (Å²) in [5.41, 5.74) is 0. The van der Waals surface area contributed by atoms with Crippen molar-refractivity contribution in [1.29, 1.82) is 0 Å². The first kappa shape index (κ1) is 7.48. The van der Waals surface area contributed by atoms with Crippen LogP contribution in [0, 0.1) is 0 Å². The van der Waals surface area contributed by atoms with Crippen LogP contribution in [-0.2, 0) is 10.0 Å². The standard InChI is InChI=1S/C5H8ClFOS/c6-9(8)5-3-1-2-4(5)7/h4-5H,1-3H2. The van der Waals surface area contributed by atoms with Crippen LogP contribution in [0.4, 0.5) is 4.39 Å². The van der Waals surface area contributed by atoms with Crippen LogP contribution < -0.4 is 0 Å². The van der Waals surface area contributed by atoms with Gasteiger partial charge in [0, 0.05) is 0 Å². The quantitative estimate of drug-likeness (QED) is 0.549. The second-order valence-electron chi connectivity index (χ2n) is 2.23. The molecule has 1 aliphatic carbocycles. The molecule has 3 unspecified atom stereocenters. The Hall–Kier alpha value is 0.370. The first-order valence-electron chi connectivity index (χ1n) is 2.92. The van der Waals surface area contributed by atoms with Crippen LogP contribution in [0.1, 0.15) is 19.3 Å². The van der Waals surface area contributed by atoms with Crippen molar-refractivity contribution in [3.05, 3.63) is 0 Å². The lowest BCUT2D eigenvalue weighted by Crippen LogP contribution is -2.16. The van der Waals surface area contributed by atoms with E-state index in [4.69, 9.17) is 10.7 Å². The lowest BCUT2D eigenvalue weighted by molar-refractivity contribution is 0.347. The third-order valence-corrected chi connectivity index (χ3v) is 3.30. The Morgan fingerprint density at radius 2 is 2.22 bits per heavy atom. The van der Waals surface area contributed by atoms with Crippen molar-refractivity contribution in [1.82, 2.24) is 0 Å². The van der Waals surface area contributed by atoms with Gasteiger partial charge in [0.1, 0.15) is 16.2 Å². The highest BCUT2D eigenvalue weighted by atomic mass is 35.7. The van der Waals surface area contributed by atoms with Crippen molar-refractivity contribution in [3.63, 3.8) is 0 Å². The van der Waals surface area contributed by atoms with Gasteiger partial charge >= 0.3 is 0 Å². The van der Waals surface area contributed by atoms with Crippen molar-refractivity contribution in [2.45, 2.75) is 30.7 Å². The summed E-state index contributed by atoms with van der Waals surface area (Å²) in [6, 6.07) is 0. The molecular formula is C5H8ClFOS. The minimum absolute atomic E-state index is 0.397. The van der Waals surface area contributed by atoms with Gasteiger partial charge < -0.3 is 0 Å². The monoisotopic (exact) mass is 170 g/mol. The van der Waals surface area contributed by atoms with Gasteiger partial charge in [-0.2, -0.15) is 0 Å². The van der Waals surface area contributed by atoms with Crippen molar-refractivity contribution in [3.8, 4) is 0 Å². The molecule has 1 fully saturated rings. The lowest BCUT2D eigenvalue weighted by atomic mass is 10.3. The van der Waals surface area contributed by atoms with Crippen LogP contribution in [0.25, 0.3) is 0 Å².